The van der Waals surface area contributed by atoms with Crippen molar-refractivity contribution in [1.29, 1.82) is 0 Å². The van der Waals surface area contributed by atoms with Gasteiger partial charge in [0.15, 0.2) is 0 Å². The molecule has 1 aromatic rings. The molecule has 8 heteroatoms. The van der Waals surface area contributed by atoms with Crippen LogP contribution in [0.1, 0.15) is 18.9 Å². The van der Waals surface area contributed by atoms with Crippen LogP contribution in [0.2, 0.25) is 10.0 Å². The predicted octanol–water partition coefficient (Wildman–Crippen LogP) is 2.12. The third-order valence-corrected chi connectivity index (χ3v) is 3.50. The molecule has 6 nitrogen and oxygen atoms in total. The Balaban J connectivity index is 2.35. The summed E-state index contributed by atoms with van der Waals surface area (Å²) in [5.41, 5.74) is -0.889. The van der Waals surface area contributed by atoms with Crippen molar-refractivity contribution in [2.24, 2.45) is 5.16 Å². The van der Waals surface area contributed by atoms with E-state index in [9.17, 15) is 9.59 Å². The SMILES string of the molecule is COC(=O)[C@@]1(NC(C)=O)CC(c2c(Cl)cccc2Cl)=NO1. The molecule has 0 unspecified atom stereocenters. The molecule has 2 rings (SSSR count). The van der Waals surface area contributed by atoms with Crippen molar-refractivity contribution in [3.05, 3.63) is 33.8 Å². The smallest absolute Gasteiger partial charge is 0.375 e. The van der Waals surface area contributed by atoms with E-state index in [1.807, 2.05) is 0 Å². The van der Waals surface area contributed by atoms with E-state index in [0.717, 1.165) is 0 Å². The fourth-order valence-corrected chi connectivity index (χ4v) is 2.63. The first-order valence-electron chi connectivity index (χ1n) is 5.96. The fraction of sp³-hybridized carbons (Fsp3) is 0.308. The number of esters is 1. The van der Waals surface area contributed by atoms with Gasteiger partial charge in [-0.3, -0.25) is 4.79 Å². The second-order valence-corrected chi connectivity index (χ2v) is 5.22. The molecule has 1 heterocycles. The van der Waals surface area contributed by atoms with E-state index in [0.29, 0.717) is 21.3 Å². The third kappa shape index (κ3) is 2.96. The summed E-state index contributed by atoms with van der Waals surface area (Å²) in [6, 6.07) is 4.97. The van der Waals surface area contributed by atoms with Gasteiger partial charge in [0.05, 0.1) is 29.3 Å². The summed E-state index contributed by atoms with van der Waals surface area (Å²) in [4.78, 5) is 28.4. The molecule has 0 aromatic heterocycles. The van der Waals surface area contributed by atoms with Crippen molar-refractivity contribution < 1.29 is 19.2 Å². The lowest BCUT2D eigenvalue weighted by molar-refractivity contribution is -0.173. The predicted molar refractivity (Wildman–Crippen MR) is 77.3 cm³/mol. The van der Waals surface area contributed by atoms with E-state index >= 15 is 0 Å². The monoisotopic (exact) mass is 330 g/mol. The topological polar surface area (TPSA) is 77.0 Å². The normalized spacial score (nSPS) is 20.5. The van der Waals surface area contributed by atoms with Gasteiger partial charge in [0, 0.05) is 12.5 Å². The van der Waals surface area contributed by atoms with Crippen LogP contribution >= 0.6 is 23.2 Å². The van der Waals surface area contributed by atoms with Gasteiger partial charge in [-0.1, -0.05) is 34.4 Å². The summed E-state index contributed by atoms with van der Waals surface area (Å²) in [5, 5.41) is 6.98. The van der Waals surface area contributed by atoms with E-state index in [2.05, 4.69) is 15.2 Å². The maximum atomic E-state index is 11.9. The van der Waals surface area contributed by atoms with Crippen molar-refractivity contribution >= 4 is 40.8 Å². The summed E-state index contributed by atoms with van der Waals surface area (Å²) >= 11 is 12.2. The summed E-state index contributed by atoms with van der Waals surface area (Å²) in [5.74, 6) is -1.22. The quantitative estimate of drug-likeness (QED) is 0.861. The Morgan fingerprint density at radius 3 is 2.52 bits per heavy atom. The highest BCUT2D eigenvalue weighted by Crippen LogP contribution is 2.32. The molecule has 0 fully saturated rings. The highest BCUT2D eigenvalue weighted by Gasteiger charge is 2.49. The molecule has 112 valence electrons. The first-order valence-corrected chi connectivity index (χ1v) is 6.72. The minimum absolute atomic E-state index is 0.0390. The largest absolute Gasteiger partial charge is 0.465 e. The Hall–Kier alpha value is -1.79. The van der Waals surface area contributed by atoms with Crippen molar-refractivity contribution in [1.82, 2.24) is 5.32 Å². The Bertz CT molecular complexity index is 612. The summed E-state index contributed by atoms with van der Waals surface area (Å²) < 4.78 is 4.67. The van der Waals surface area contributed by atoms with Crippen LogP contribution in [0.5, 0.6) is 0 Å². The van der Waals surface area contributed by atoms with Crippen molar-refractivity contribution in [2.75, 3.05) is 7.11 Å². The van der Waals surface area contributed by atoms with E-state index in [1.54, 1.807) is 18.2 Å². The fourth-order valence-electron chi connectivity index (χ4n) is 2.02. The number of benzene rings is 1. The summed E-state index contributed by atoms with van der Waals surface area (Å²) in [7, 11) is 1.19. The molecule has 1 N–H and O–H groups in total. The van der Waals surface area contributed by atoms with Crippen LogP contribution in [-0.4, -0.2) is 30.4 Å². The summed E-state index contributed by atoms with van der Waals surface area (Å²) in [6.07, 6.45) is -0.0390. The number of halogens is 2. The second-order valence-electron chi connectivity index (χ2n) is 4.40. The molecule has 1 atom stereocenters. The van der Waals surface area contributed by atoms with Gasteiger partial charge in [0.1, 0.15) is 0 Å². The molecule has 1 aromatic carbocycles. The number of nitrogens with zero attached hydrogens (tertiary/aromatic N) is 1. The van der Waals surface area contributed by atoms with Gasteiger partial charge in [-0.15, -0.1) is 0 Å². The molecule has 0 spiro atoms. The number of carbonyl (C=O) groups excluding carboxylic acids is 2. The van der Waals surface area contributed by atoms with E-state index in [1.165, 1.54) is 14.0 Å². The number of carbonyl (C=O) groups is 2. The Kier molecular flexibility index (Phi) is 4.39. The van der Waals surface area contributed by atoms with Crippen LogP contribution in [0.15, 0.2) is 23.4 Å². The molecule has 0 radical (unpaired) electrons. The molecule has 0 saturated heterocycles. The lowest BCUT2D eigenvalue weighted by atomic mass is 10.0. The number of amides is 1. The molecular weight excluding hydrogens is 319 g/mol. The number of nitrogens with one attached hydrogen (secondary N) is 1. The molecule has 0 bridgehead atoms. The van der Waals surface area contributed by atoms with Gasteiger partial charge in [-0.25, -0.2) is 4.79 Å². The molecule has 1 amide bonds. The number of hydrogen-bond donors (Lipinski definition) is 1. The van der Waals surface area contributed by atoms with Crippen LogP contribution in [0.3, 0.4) is 0 Å². The van der Waals surface area contributed by atoms with E-state index in [4.69, 9.17) is 28.0 Å². The molecule has 0 aliphatic carbocycles. The Morgan fingerprint density at radius 1 is 1.38 bits per heavy atom. The number of hydrogen-bond acceptors (Lipinski definition) is 5. The minimum atomic E-state index is -1.70. The van der Waals surface area contributed by atoms with Crippen molar-refractivity contribution in [3.8, 4) is 0 Å². The maximum Gasteiger partial charge on any atom is 0.375 e. The van der Waals surface area contributed by atoms with Crippen LogP contribution in [0.4, 0.5) is 0 Å². The average molecular weight is 331 g/mol. The zero-order valence-corrected chi connectivity index (χ0v) is 12.8. The number of ether oxygens (including phenoxy) is 1. The maximum absolute atomic E-state index is 11.9. The number of methoxy groups -OCH3 is 1. The summed E-state index contributed by atoms with van der Waals surface area (Å²) in [6.45, 7) is 1.26. The van der Waals surface area contributed by atoms with Gasteiger partial charge in [-0.05, 0) is 12.1 Å². The lowest BCUT2D eigenvalue weighted by Crippen LogP contribution is -2.54. The molecule has 1 aliphatic heterocycles. The highest BCUT2D eigenvalue weighted by molar-refractivity contribution is 6.40. The molecule has 0 saturated carbocycles. The third-order valence-electron chi connectivity index (χ3n) is 2.87. The zero-order chi connectivity index (χ0) is 15.6. The minimum Gasteiger partial charge on any atom is -0.465 e. The average Bonchev–Trinajstić information content (AvgIpc) is 2.82. The van der Waals surface area contributed by atoms with Crippen LogP contribution < -0.4 is 5.32 Å². The van der Waals surface area contributed by atoms with Gasteiger partial charge >= 0.3 is 11.7 Å². The standard InChI is InChI=1S/C13H12Cl2N2O4/c1-7(18)16-13(12(19)20-2)6-10(17-21-13)11-8(14)4-3-5-9(11)15/h3-5H,6H2,1-2H3,(H,16,18)/t13-/m1/s1. The molecule has 21 heavy (non-hydrogen) atoms. The first-order chi connectivity index (χ1) is 9.89. The van der Waals surface area contributed by atoms with Gasteiger partial charge in [0.25, 0.3) is 0 Å². The zero-order valence-electron chi connectivity index (χ0n) is 11.3. The van der Waals surface area contributed by atoms with Crippen LogP contribution in [0.25, 0.3) is 0 Å². The number of oxime groups is 1. The first kappa shape index (κ1) is 15.6. The Labute approximate surface area is 131 Å². The van der Waals surface area contributed by atoms with Gasteiger partial charge in [0.2, 0.25) is 5.91 Å². The van der Waals surface area contributed by atoms with E-state index in [-0.39, 0.29) is 6.42 Å². The number of rotatable bonds is 3. The van der Waals surface area contributed by atoms with Crippen molar-refractivity contribution in [3.63, 3.8) is 0 Å². The molecular formula is C13H12Cl2N2O4. The van der Waals surface area contributed by atoms with Crippen molar-refractivity contribution in [2.45, 2.75) is 19.1 Å². The van der Waals surface area contributed by atoms with E-state index < -0.39 is 17.6 Å². The second kappa shape index (κ2) is 5.91. The Morgan fingerprint density at radius 2 is 2.00 bits per heavy atom. The van der Waals surface area contributed by atoms with Crippen LogP contribution in [-0.2, 0) is 19.2 Å². The lowest BCUT2D eigenvalue weighted by Gasteiger charge is -2.23. The molecule has 1 aliphatic rings. The highest BCUT2D eigenvalue weighted by atomic mass is 35.5. The van der Waals surface area contributed by atoms with Crippen LogP contribution in [0, 0.1) is 0 Å². The van der Waals surface area contributed by atoms with Gasteiger partial charge in [-0.2, -0.15) is 0 Å². The van der Waals surface area contributed by atoms with Gasteiger partial charge < -0.3 is 14.9 Å².